The maximum Gasteiger partial charge on any atom is 0.326 e. The summed E-state index contributed by atoms with van der Waals surface area (Å²) in [6.45, 7) is 2.84. The second kappa shape index (κ2) is 5.03. The summed E-state index contributed by atoms with van der Waals surface area (Å²) in [6.07, 6.45) is 1.55. The number of carboxylic acid groups (broad SMARTS) is 1. The lowest BCUT2D eigenvalue weighted by Gasteiger charge is -2.21. The van der Waals surface area contributed by atoms with Gasteiger partial charge in [-0.1, -0.05) is 0 Å². The number of aryl methyl sites for hydroxylation is 1. The van der Waals surface area contributed by atoms with Gasteiger partial charge in [0, 0.05) is 25.9 Å². The standard InChI is InChI=1S/C12H16N2O4/c1-7(12(17)18)14(4)11(16)10-5-9(8(2)15)6-13(10)3/h5-7H,1-4H3,(H,17,18). The number of carbonyl (C=O) groups excluding carboxylic acids is 2. The minimum Gasteiger partial charge on any atom is -0.480 e. The summed E-state index contributed by atoms with van der Waals surface area (Å²) in [7, 11) is 3.06. The number of rotatable bonds is 4. The van der Waals surface area contributed by atoms with Crippen LogP contribution in [0.1, 0.15) is 34.7 Å². The summed E-state index contributed by atoms with van der Waals surface area (Å²) in [5, 5.41) is 8.86. The zero-order chi connectivity index (χ0) is 14.0. The van der Waals surface area contributed by atoms with Gasteiger partial charge in [0.15, 0.2) is 5.78 Å². The van der Waals surface area contributed by atoms with Crippen molar-refractivity contribution >= 4 is 17.7 Å². The molecule has 1 rings (SSSR count). The molecule has 18 heavy (non-hydrogen) atoms. The molecule has 1 aromatic heterocycles. The van der Waals surface area contributed by atoms with Crippen LogP contribution in [0.25, 0.3) is 0 Å². The molecule has 0 radical (unpaired) electrons. The van der Waals surface area contributed by atoms with E-state index in [2.05, 4.69) is 0 Å². The third-order valence-corrected chi connectivity index (χ3v) is 2.89. The molecular formula is C12H16N2O4. The molecule has 1 aromatic rings. The summed E-state index contributed by atoms with van der Waals surface area (Å²) in [4.78, 5) is 35.2. The second-order valence-electron chi connectivity index (χ2n) is 4.21. The zero-order valence-electron chi connectivity index (χ0n) is 10.8. The van der Waals surface area contributed by atoms with E-state index in [9.17, 15) is 14.4 Å². The van der Waals surface area contributed by atoms with Crippen LogP contribution in [0, 0.1) is 0 Å². The smallest absolute Gasteiger partial charge is 0.326 e. The van der Waals surface area contributed by atoms with Crippen molar-refractivity contribution in [2.75, 3.05) is 7.05 Å². The van der Waals surface area contributed by atoms with Crippen LogP contribution in [0.2, 0.25) is 0 Å². The van der Waals surface area contributed by atoms with Crippen LogP contribution in [-0.4, -0.2) is 45.3 Å². The second-order valence-corrected chi connectivity index (χ2v) is 4.21. The van der Waals surface area contributed by atoms with Gasteiger partial charge in [0.1, 0.15) is 11.7 Å². The van der Waals surface area contributed by atoms with Gasteiger partial charge in [-0.2, -0.15) is 0 Å². The topological polar surface area (TPSA) is 79.6 Å². The summed E-state index contributed by atoms with van der Waals surface area (Å²) in [6, 6.07) is 0.545. The number of aliphatic carboxylic acids is 1. The van der Waals surface area contributed by atoms with E-state index in [1.807, 2.05) is 0 Å². The van der Waals surface area contributed by atoms with Crippen molar-refractivity contribution in [2.24, 2.45) is 7.05 Å². The highest BCUT2D eigenvalue weighted by molar-refractivity contribution is 6.00. The number of ketones is 1. The maximum atomic E-state index is 12.1. The molecule has 0 aromatic carbocycles. The number of aromatic nitrogens is 1. The highest BCUT2D eigenvalue weighted by atomic mass is 16.4. The summed E-state index contributed by atoms with van der Waals surface area (Å²) < 4.78 is 1.52. The Balaban J connectivity index is 3.04. The molecule has 1 atom stereocenters. The van der Waals surface area contributed by atoms with Crippen LogP contribution in [0.15, 0.2) is 12.3 Å². The minimum absolute atomic E-state index is 0.140. The van der Waals surface area contributed by atoms with Gasteiger partial charge in [-0.25, -0.2) is 4.79 Å². The van der Waals surface area contributed by atoms with Crippen LogP contribution >= 0.6 is 0 Å². The van der Waals surface area contributed by atoms with Gasteiger partial charge >= 0.3 is 5.97 Å². The molecule has 0 aliphatic carbocycles. The summed E-state index contributed by atoms with van der Waals surface area (Å²) >= 11 is 0. The van der Waals surface area contributed by atoms with Crippen LogP contribution in [0.3, 0.4) is 0 Å². The highest BCUT2D eigenvalue weighted by Crippen LogP contribution is 2.12. The molecule has 0 spiro atoms. The van der Waals surface area contributed by atoms with E-state index < -0.39 is 17.9 Å². The molecule has 1 N–H and O–H groups in total. The van der Waals surface area contributed by atoms with Gasteiger partial charge in [0.05, 0.1) is 0 Å². The minimum atomic E-state index is -1.08. The average Bonchev–Trinajstić information content (AvgIpc) is 2.68. The average molecular weight is 252 g/mol. The first-order valence-corrected chi connectivity index (χ1v) is 5.43. The Labute approximate surface area is 105 Å². The van der Waals surface area contributed by atoms with Gasteiger partial charge in [0.2, 0.25) is 0 Å². The molecule has 0 aliphatic heterocycles. The van der Waals surface area contributed by atoms with E-state index in [1.54, 1.807) is 13.2 Å². The largest absolute Gasteiger partial charge is 0.480 e. The molecule has 0 fully saturated rings. The predicted octanol–water partition coefficient (Wildman–Crippen LogP) is 0.773. The quantitative estimate of drug-likeness (QED) is 0.803. The van der Waals surface area contributed by atoms with Crippen molar-refractivity contribution in [3.63, 3.8) is 0 Å². The molecule has 98 valence electrons. The molecule has 1 heterocycles. The fourth-order valence-electron chi connectivity index (χ4n) is 1.49. The number of nitrogens with zero attached hydrogens (tertiary/aromatic N) is 2. The van der Waals surface area contributed by atoms with Gasteiger partial charge in [-0.05, 0) is 19.9 Å². The number of carbonyl (C=O) groups is 3. The lowest BCUT2D eigenvalue weighted by Crippen LogP contribution is -2.40. The van der Waals surface area contributed by atoms with E-state index in [1.165, 1.54) is 31.5 Å². The number of hydrogen-bond donors (Lipinski definition) is 1. The first kappa shape index (κ1) is 14.0. The third-order valence-electron chi connectivity index (χ3n) is 2.89. The lowest BCUT2D eigenvalue weighted by atomic mass is 10.2. The number of likely N-dealkylation sites (N-methyl/N-ethyl adjacent to an activating group) is 1. The summed E-state index contributed by atoms with van der Waals surface area (Å²) in [5.41, 5.74) is 0.716. The van der Waals surface area contributed by atoms with Crippen LogP contribution < -0.4 is 0 Å². The molecule has 1 unspecified atom stereocenters. The van der Waals surface area contributed by atoms with Gasteiger partial charge in [0.25, 0.3) is 5.91 Å². The van der Waals surface area contributed by atoms with Gasteiger partial charge in [-0.15, -0.1) is 0 Å². The third kappa shape index (κ3) is 2.58. The van der Waals surface area contributed by atoms with Crippen molar-refractivity contribution in [1.82, 2.24) is 9.47 Å². The molecule has 1 amide bonds. The maximum absolute atomic E-state index is 12.1. The fraction of sp³-hybridized carbons (Fsp3) is 0.417. The Hall–Kier alpha value is -2.11. The normalized spacial score (nSPS) is 12.0. The number of hydrogen-bond acceptors (Lipinski definition) is 3. The van der Waals surface area contributed by atoms with Crippen LogP contribution in [-0.2, 0) is 11.8 Å². The van der Waals surface area contributed by atoms with Crippen LogP contribution in [0.5, 0.6) is 0 Å². The summed E-state index contributed by atoms with van der Waals surface area (Å²) in [5.74, 6) is -1.65. The van der Waals surface area contributed by atoms with Crippen molar-refractivity contribution in [2.45, 2.75) is 19.9 Å². The Morgan fingerprint density at radius 3 is 2.33 bits per heavy atom. The number of amides is 1. The van der Waals surface area contributed by atoms with E-state index in [-0.39, 0.29) is 11.5 Å². The van der Waals surface area contributed by atoms with Gasteiger partial charge in [-0.3, -0.25) is 9.59 Å². The fourth-order valence-corrected chi connectivity index (χ4v) is 1.49. The van der Waals surface area contributed by atoms with Gasteiger partial charge < -0.3 is 14.6 Å². The highest BCUT2D eigenvalue weighted by Gasteiger charge is 2.25. The van der Waals surface area contributed by atoms with E-state index >= 15 is 0 Å². The van der Waals surface area contributed by atoms with E-state index in [4.69, 9.17) is 5.11 Å². The SMILES string of the molecule is CC(=O)c1cc(C(=O)N(C)C(C)C(=O)O)n(C)c1. The monoisotopic (exact) mass is 252 g/mol. The molecular weight excluding hydrogens is 236 g/mol. The molecule has 0 saturated carbocycles. The first-order chi connectivity index (χ1) is 8.25. The number of Topliss-reactive ketones (excluding diaryl/α,β-unsaturated/α-hetero) is 1. The molecule has 0 saturated heterocycles. The first-order valence-electron chi connectivity index (χ1n) is 5.43. The molecule has 6 nitrogen and oxygen atoms in total. The Morgan fingerprint density at radius 2 is 1.94 bits per heavy atom. The van der Waals surface area contributed by atoms with Crippen molar-refractivity contribution in [3.8, 4) is 0 Å². The van der Waals surface area contributed by atoms with Crippen molar-refractivity contribution in [1.29, 1.82) is 0 Å². The number of carboxylic acids is 1. The predicted molar refractivity (Wildman–Crippen MR) is 64.6 cm³/mol. The molecule has 0 bridgehead atoms. The van der Waals surface area contributed by atoms with Crippen molar-refractivity contribution < 1.29 is 19.5 Å². The van der Waals surface area contributed by atoms with Crippen molar-refractivity contribution in [3.05, 3.63) is 23.5 Å². The molecule has 0 aliphatic rings. The Kier molecular flexibility index (Phi) is 3.90. The van der Waals surface area contributed by atoms with Crippen LogP contribution in [0.4, 0.5) is 0 Å². The van der Waals surface area contributed by atoms with E-state index in [0.717, 1.165) is 4.90 Å². The lowest BCUT2D eigenvalue weighted by molar-refractivity contribution is -0.141. The van der Waals surface area contributed by atoms with E-state index in [0.29, 0.717) is 5.56 Å². The Bertz CT molecular complexity index is 504. The zero-order valence-corrected chi connectivity index (χ0v) is 10.8. The molecule has 6 heteroatoms. The Morgan fingerprint density at radius 1 is 1.39 bits per heavy atom.